The third-order valence-electron chi connectivity index (χ3n) is 4.64. The maximum atomic E-state index is 12.4. The van der Waals surface area contributed by atoms with Gasteiger partial charge in [-0.05, 0) is 38.5 Å². The molecule has 0 bridgehead atoms. The second kappa shape index (κ2) is 6.42. The van der Waals surface area contributed by atoms with Crippen molar-refractivity contribution in [3.8, 4) is 11.8 Å². The van der Waals surface area contributed by atoms with Crippen LogP contribution in [0.2, 0.25) is 0 Å². The molecule has 1 amide bonds. The van der Waals surface area contributed by atoms with Crippen molar-refractivity contribution < 1.29 is 19.4 Å². The first kappa shape index (κ1) is 16.7. The molecule has 1 aromatic carbocycles. The summed E-state index contributed by atoms with van der Waals surface area (Å²) in [5.74, 6) is 0.760. The van der Waals surface area contributed by atoms with E-state index in [1.807, 2.05) is 18.7 Å². The Morgan fingerprint density at radius 1 is 1.50 bits per heavy atom. The molecule has 1 aromatic rings. The second-order valence-electron chi connectivity index (χ2n) is 6.72. The largest absolute Gasteiger partial charge is 0.485 e. The van der Waals surface area contributed by atoms with E-state index < -0.39 is 11.7 Å². The molecule has 0 saturated carbocycles. The molecule has 2 atom stereocenters. The number of hydrogen-bond acceptors (Lipinski definition) is 5. The highest BCUT2D eigenvalue weighted by atomic mass is 16.6. The lowest BCUT2D eigenvalue weighted by Crippen LogP contribution is -2.55. The number of rotatable bonds is 4. The highest BCUT2D eigenvalue weighted by Crippen LogP contribution is 2.45. The number of fused-ring (bicyclic) bond motifs is 1. The van der Waals surface area contributed by atoms with E-state index >= 15 is 0 Å². The molecule has 1 N–H and O–H groups in total. The standard InChI is InChI=1S/C18H22N2O4/c1-18(2)17(23-9-8-21)16(20-7-3-4-15(20)22)13-10-12(11-19)5-6-14(13)24-18/h5-6,10,16-17,21H,3-4,7-9H2,1-2H3/t16-,17-/m0/s1. The molecular formula is C18H22N2O4. The Labute approximate surface area is 141 Å². The van der Waals surface area contributed by atoms with E-state index in [1.54, 1.807) is 18.2 Å². The van der Waals surface area contributed by atoms with E-state index in [0.29, 0.717) is 24.3 Å². The normalized spacial score (nSPS) is 25.1. The quantitative estimate of drug-likeness (QED) is 0.910. The van der Waals surface area contributed by atoms with E-state index in [4.69, 9.17) is 14.6 Å². The Kier molecular flexibility index (Phi) is 4.48. The highest BCUT2D eigenvalue weighted by molar-refractivity contribution is 5.79. The molecule has 2 aliphatic heterocycles. The molecule has 0 spiro atoms. The summed E-state index contributed by atoms with van der Waals surface area (Å²) in [6, 6.07) is 7.09. The predicted molar refractivity (Wildman–Crippen MR) is 86.4 cm³/mol. The lowest BCUT2D eigenvalue weighted by molar-refractivity contribution is -0.150. The number of carbonyl (C=O) groups is 1. The molecule has 0 radical (unpaired) electrons. The van der Waals surface area contributed by atoms with Crippen molar-refractivity contribution in [3.63, 3.8) is 0 Å². The molecule has 128 valence electrons. The number of likely N-dealkylation sites (tertiary alicyclic amines) is 1. The van der Waals surface area contributed by atoms with Crippen molar-refractivity contribution >= 4 is 5.91 Å². The zero-order valence-electron chi connectivity index (χ0n) is 14.0. The fourth-order valence-corrected chi connectivity index (χ4v) is 3.59. The van der Waals surface area contributed by atoms with E-state index in [-0.39, 0.29) is 25.2 Å². The van der Waals surface area contributed by atoms with Gasteiger partial charge in [-0.25, -0.2) is 0 Å². The van der Waals surface area contributed by atoms with Gasteiger partial charge in [0.05, 0.1) is 30.9 Å². The lowest BCUT2D eigenvalue weighted by Gasteiger charge is -2.47. The molecule has 0 aliphatic carbocycles. The van der Waals surface area contributed by atoms with Crippen LogP contribution in [-0.2, 0) is 9.53 Å². The lowest BCUT2D eigenvalue weighted by atomic mass is 9.84. The Bertz CT molecular complexity index is 680. The average Bonchev–Trinajstić information content (AvgIpc) is 2.97. The number of amides is 1. The Balaban J connectivity index is 2.10. The van der Waals surface area contributed by atoms with E-state index in [0.717, 1.165) is 12.0 Å². The SMILES string of the molecule is CC1(C)Oc2ccc(C#N)cc2[C@H](N2CCCC2=O)[C@@H]1OCCO. The van der Waals surface area contributed by atoms with Crippen LogP contribution >= 0.6 is 0 Å². The molecule has 1 saturated heterocycles. The van der Waals surface area contributed by atoms with Crippen molar-refractivity contribution in [1.29, 1.82) is 5.26 Å². The van der Waals surface area contributed by atoms with E-state index in [2.05, 4.69) is 6.07 Å². The van der Waals surface area contributed by atoms with E-state index in [1.165, 1.54) is 0 Å². The van der Waals surface area contributed by atoms with Gasteiger partial charge >= 0.3 is 0 Å². The molecule has 6 nitrogen and oxygen atoms in total. The van der Waals surface area contributed by atoms with Gasteiger partial charge in [-0.1, -0.05) is 0 Å². The number of ether oxygens (including phenoxy) is 2. The third-order valence-corrected chi connectivity index (χ3v) is 4.64. The third kappa shape index (κ3) is 2.85. The van der Waals surface area contributed by atoms with Crippen molar-refractivity contribution in [2.45, 2.75) is 44.4 Å². The second-order valence-corrected chi connectivity index (χ2v) is 6.72. The number of nitrogens with zero attached hydrogens (tertiary/aromatic N) is 2. The average molecular weight is 330 g/mol. The molecule has 2 heterocycles. The van der Waals surface area contributed by atoms with Gasteiger partial charge in [0.1, 0.15) is 17.5 Å². The van der Waals surface area contributed by atoms with Gasteiger partial charge in [0.25, 0.3) is 0 Å². The van der Waals surface area contributed by atoms with Gasteiger partial charge < -0.3 is 19.5 Å². The molecule has 24 heavy (non-hydrogen) atoms. The van der Waals surface area contributed by atoms with Crippen LogP contribution in [0.1, 0.15) is 43.9 Å². The fourth-order valence-electron chi connectivity index (χ4n) is 3.59. The number of benzene rings is 1. The van der Waals surface area contributed by atoms with Crippen LogP contribution in [0.4, 0.5) is 0 Å². The van der Waals surface area contributed by atoms with Gasteiger partial charge in [0.2, 0.25) is 5.91 Å². The summed E-state index contributed by atoms with van der Waals surface area (Å²) in [7, 11) is 0. The minimum absolute atomic E-state index is 0.0867. The zero-order chi connectivity index (χ0) is 17.3. The number of aliphatic hydroxyl groups is 1. The van der Waals surface area contributed by atoms with Crippen LogP contribution in [0.5, 0.6) is 5.75 Å². The summed E-state index contributed by atoms with van der Waals surface area (Å²) in [4.78, 5) is 14.2. The minimum atomic E-state index is -0.663. The van der Waals surface area contributed by atoms with Crippen LogP contribution in [0.3, 0.4) is 0 Å². The Hall–Kier alpha value is -2.10. The first-order valence-electron chi connectivity index (χ1n) is 8.23. The maximum Gasteiger partial charge on any atom is 0.223 e. The number of aliphatic hydroxyl groups excluding tert-OH is 1. The van der Waals surface area contributed by atoms with Crippen LogP contribution in [0, 0.1) is 11.3 Å². The summed E-state index contributed by atoms with van der Waals surface area (Å²) in [6.07, 6.45) is 0.919. The van der Waals surface area contributed by atoms with Gasteiger partial charge in [-0.3, -0.25) is 4.79 Å². The first-order chi connectivity index (χ1) is 11.5. The molecular weight excluding hydrogens is 308 g/mol. The van der Waals surface area contributed by atoms with Crippen molar-refractivity contribution in [2.24, 2.45) is 0 Å². The van der Waals surface area contributed by atoms with Crippen LogP contribution in [0.15, 0.2) is 18.2 Å². The number of carbonyl (C=O) groups excluding carboxylic acids is 1. The Morgan fingerprint density at radius 2 is 2.29 bits per heavy atom. The van der Waals surface area contributed by atoms with Gasteiger partial charge in [-0.2, -0.15) is 5.26 Å². The summed E-state index contributed by atoms with van der Waals surface area (Å²) in [6.45, 7) is 4.57. The van der Waals surface area contributed by atoms with Gasteiger partial charge in [-0.15, -0.1) is 0 Å². The molecule has 1 fully saturated rings. The summed E-state index contributed by atoms with van der Waals surface area (Å²) in [5.41, 5.74) is 0.658. The monoisotopic (exact) mass is 330 g/mol. The molecule has 0 aromatic heterocycles. The number of hydrogen-bond donors (Lipinski definition) is 1. The summed E-state index contributed by atoms with van der Waals surface area (Å²) < 4.78 is 12.0. The summed E-state index contributed by atoms with van der Waals surface area (Å²) in [5, 5.41) is 18.4. The molecule has 0 unspecified atom stereocenters. The smallest absolute Gasteiger partial charge is 0.223 e. The maximum absolute atomic E-state index is 12.4. The van der Waals surface area contributed by atoms with Crippen LogP contribution in [-0.4, -0.2) is 47.4 Å². The zero-order valence-corrected chi connectivity index (χ0v) is 14.0. The molecule has 2 aliphatic rings. The van der Waals surface area contributed by atoms with Gasteiger partial charge in [0.15, 0.2) is 0 Å². The van der Waals surface area contributed by atoms with Crippen molar-refractivity contribution in [2.75, 3.05) is 19.8 Å². The first-order valence-corrected chi connectivity index (χ1v) is 8.23. The number of nitriles is 1. The fraction of sp³-hybridized carbons (Fsp3) is 0.556. The highest BCUT2D eigenvalue weighted by Gasteiger charge is 2.49. The van der Waals surface area contributed by atoms with Gasteiger partial charge in [0, 0.05) is 18.5 Å². The van der Waals surface area contributed by atoms with Crippen molar-refractivity contribution in [3.05, 3.63) is 29.3 Å². The summed E-state index contributed by atoms with van der Waals surface area (Å²) >= 11 is 0. The van der Waals surface area contributed by atoms with E-state index in [9.17, 15) is 10.1 Å². The predicted octanol–water partition coefficient (Wildman–Crippen LogP) is 1.77. The van der Waals surface area contributed by atoms with Crippen LogP contribution < -0.4 is 4.74 Å². The Morgan fingerprint density at radius 3 is 2.92 bits per heavy atom. The van der Waals surface area contributed by atoms with Crippen LogP contribution in [0.25, 0.3) is 0 Å². The molecule has 6 heteroatoms. The van der Waals surface area contributed by atoms with Crippen molar-refractivity contribution in [1.82, 2.24) is 4.90 Å². The molecule has 3 rings (SSSR count). The minimum Gasteiger partial charge on any atom is -0.485 e. The topological polar surface area (TPSA) is 82.8 Å².